The molecule has 0 aromatic heterocycles. The number of hydrogen-bond donors (Lipinski definition) is 0. The van der Waals surface area contributed by atoms with Crippen LogP contribution in [0, 0.1) is 17.8 Å². The maximum atomic E-state index is 13.3. The highest BCUT2D eigenvalue weighted by Crippen LogP contribution is 2.40. The molecule has 1 heterocycles. The molecule has 2 aliphatic carbocycles. The molecule has 2 saturated carbocycles. The highest BCUT2D eigenvalue weighted by Gasteiger charge is 2.39. The van der Waals surface area contributed by atoms with E-state index in [-0.39, 0.29) is 0 Å². The van der Waals surface area contributed by atoms with Crippen LogP contribution in [-0.4, -0.2) is 29.8 Å². The van der Waals surface area contributed by atoms with E-state index in [1.54, 1.807) is 0 Å². The topological polar surface area (TPSA) is 12.8 Å². The van der Waals surface area contributed by atoms with Crippen molar-refractivity contribution >= 4 is 0 Å². The summed E-state index contributed by atoms with van der Waals surface area (Å²) in [6, 6.07) is 0. The van der Waals surface area contributed by atoms with Gasteiger partial charge in [0.2, 0.25) is 0 Å². The number of ether oxygens (including phenoxy) is 1. The van der Waals surface area contributed by atoms with Crippen LogP contribution in [0.2, 0.25) is 0 Å². The van der Waals surface area contributed by atoms with Crippen LogP contribution in [-0.2, 0) is 0 Å². The first-order valence-electron chi connectivity index (χ1n) is 8.67. The quantitative estimate of drug-likeness (QED) is 0.670. The van der Waals surface area contributed by atoms with Gasteiger partial charge in [-0.15, -0.1) is 0 Å². The zero-order valence-electron chi connectivity index (χ0n) is 12.4. The van der Waals surface area contributed by atoms with Crippen LogP contribution in [0.25, 0.3) is 0 Å². The van der Waals surface area contributed by atoms with Crippen LogP contribution >= 0.6 is 0 Å². The van der Waals surface area contributed by atoms with E-state index in [2.05, 4.69) is 0 Å². The molecule has 1 N–H and O–H groups in total. The Balaban J connectivity index is 1.51. The molecule has 0 radical (unpaired) electrons. The molecule has 0 amide bonds. The van der Waals surface area contributed by atoms with Crippen molar-refractivity contribution in [3.8, 4) is 0 Å². The molecule has 20 heavy (non-hydrogen) atoms. The van der Waals surface area contributed by atoms with Crippen molar-refractivity contribution in [1.29, 1.82) is 0 Å². The van der Waals surface area contributed by atoms with Crippen molar-refractivity contribution in [3.63, 3.8) is 0 Å². The van der Waals surface area contributed by atoms with Crippen molar-refractivity contribution in [2.75, 3.05) is 6.61 Å². The minimum atomic E-state index is -0.564. The van der Waals surface area contributed by atoms with Crippen LogP contribution in [0.3, 0.4) is 0 Å². The van der Waals surface area contributed by atoms with Crippen LogP contribution in [0.5, 0.6) is 0 Å². The molecule has 1 saturated heterocycles. The molecule has 0 spiro atoms. The highest BCUT2D eigenvalue weighted by molar-refractivity contribution is 4.85. The summed E-state index contributed by atoms with van der Waals surface area (Å²) >= 11 is 0. The van der Waals surface area contributed by atoms with Crippen molar-refractivity contribution in [2.45, 2.75) is 82.7 Å². The lowest BCUT2D eigenvalue weighted by atomic mass is 9.72. The van der Waals surface area contributed by atoms with Crippen LogP contribution < -0.4 is 0 Å². The second-order valence-electron chi connectivity index (χ2n) is 7.28. The van der Waals surface area contributed by atoms with Gasteiger partial charge in [0.1, 0.15) is 19.0 Å². The summed E-state index contributed by atoms with van der Waals surface area (Å²) < 4.78 is 31.4. The van der Waals surface area contributed by atoms with Crippen LogP contribution in [0.15, 0.2) is 0 Å². The van der Waals surface area contributed by atoms with Gasteiger partial charge in [-0.05, 0) is 63.2 Å². The zero-order chi connectivity index (χ0) is 13.9. The number of alkyl halides is 2. The average molecular weight is 287 g/mol. The molecule has 3 fully saturated rings. The molecule has 3 heteroatoms. The molecule has 0 aromatic rings. The molecule has 3 aliphatic rings. The van der Waals surface area contributed by atoms with Gasteiger partial charge in [0.05, 0.1) is 0 Å². The molecule has 0 aromatic carbocycles. The Hall–Kier alpha value is -0.180. The highest BCUT2D eigenvalue weighted by atomic mass is 19.1. The average Bonchev–Trinajstić information content (AvgIpc) is 2.49. The number of rotatable bonds is 2. The van der Waals surface area contributed by atoms with E-state index < -0.39 is 12.3 Å². The second-order valence-corrected chi connectivity index (χ2v) is 7.28. The molecule has 0 bridgehead atoms. The Bertz CT molecular complexity index is 265. The van der Waals surface area contributed by atoms with E-state index in [0.717, 1.165) is 69.8 Å². The fourth-order valence-electron chi connectivity index (χ4n) is 4.69. The monoisotopic (exact) mass is 287 g/mol. The van der Waals surface area contributed by atoms with E-state index in [1.807, 2.05) is 0 Å². The molecule has 2 atom stereocenters. The Kier molecular flexibility index (Phi) is 4.95. The number of aliphatic hydroxyl groups is 2. The van der Waals surface area contributed by atoms with Gasteiger partial charge in [-0.1, -0.05) is 0 Å². The third-order valence-corrected chi connectivity index (χ3v) is 6.02. The Morgan fingerprint density at radius 3 is 1.75 bits per heavy atom. The van der Waals surface area contributed by atoms with Gasteiger partial charge in [-0.3, -0.25) is 0 Å². The smallest absolute Gasteiger partial charge is 0.157 e. The van der Waals surface area contributed by atoms with Gasteiger partial charge in [0.15, 0.2) is 6.10 Å². The van der Waals surface area contributed by atoms with Crippen LogP contribution in [0.1, 0.15) is 64.2 Å². The molecular formula is C17H29F2O+. The first kappa shape index (κ1) is 14.7. The third kappa shape index (κ3) is 3.52. The van der Waals surface area contributed by atoms with E-state index in [9.17, 15) is 8.78 Å². The maximum Gasteiger partial charge on any atom is 0.157 e. The minimum Gasteiger partial charge on any atom is -0.431 e. The first-order chi connectivity index (χ1) is 9.72. The molecule has 116 valence electrons. The largest absolute Gasteiger partial charge is 0.431 e. The fraction of sp³-hybridized carbons (Fsp3) is 1.00. The predicted octanol–water partition coefficient (Wildman–Crippen LogP) is 4.35. The van der Waals surface area contributed by atoms with E-state index >= 15 is 0 Å². The Morgan fingerprint density at radius 2 is 1.15 bits per heavy atom. The van der Waals surface area contributed by atoms with Crippen molar-refractivity contribution in [2.24, 2.45) is 17.8 Å². The third-order valence-electron chi connectivity index (χ3n) is 6.02. The van der Waals surface area contributed by atoms with E-state index in [4.69, 9.17) is 4.74 Å². The van der Waals surface area contributed by atoms with Gasteiger partial charge in [-0.2, -0.15) is 0 Å². The van der Waals surface area contributed by atoms with Gasteiger partial charge in [-0.25, -0.2) is 8.78 Å². The Labute approximate surface area is 121 Å². The van der Waals surface area contributed by atoms with Crippen LogP contribution in [0.4, 0.5) is 8.78 Å². The second kappa shape index (κ2) is 6.72. The molecule has 1 aliphatic heterocycles. The van der Waals surface area contributed by atoms with Gasteiger partial charge in [0, 0.05) is 18.8 Å². The molecule has 3 rings (SSSR count). The lowest BCUT2D eigenvalue weighted by Gasteiger charge is -2.38. The fourth-order valence-corrected chi connectivity index (χ4v) is 4.69. The van der Waals surface area contributed by atoms with Gasteiger partial charge >= 0.3 is 0 Å². The summed E-state index contributed by atoms with van der Waals surface area (Å²) in [7, 11) is 0. The summed E-state index contributed by atoms with van der Waals surface area (Å²) in [6.45, 7) is 0.987. The lowest BCUT2D eigenvalue weighted by Crippen LogP contribution is -2.39. The van der Waals surface area contributed by atoms with Gasteiger partial charge in [0.25, 0.3) is 0 Å². The van der Waals surface area contributed by atoms with E-state index in [1.165, 1.54) is 12.8 Å². The van der Waals surface area contributed by atoms with Gasteiger partial charge < -0.3 is 4.74 Å². The van der Waals surface area contributed by atoms with Crippen molar-refractivity contribution in [3.05, 3.63) is 0 Å². The summed E-state index contributed by atoms with van der Waals surface area (Å²) in [6.07, 6.45) is 9.02. The van der Waals surface area contributed by atoms with Crippen molar-refractivity contribution < 1.29 is 13.5 Å². The normalized spacial score (nSPS) is 47.1. The summed E-state index contributed by atoms with van der Waals surface area (Å²) in [5.74, 6) is 2.12. The SMILES string of the molecule is FC1CCC(C2CC[OH+]C(C3CCC(F)CC3)C2)CC1. The standard InChI is InChI=1S/C17H28F2O/c18-15-5-1-12(2-6-15)14-9-10-20-17(11-14)13-3-7-16(19)8-4-13/h12-17H,1-11H2/p+1. The van der Waals surface area contributed by atoms with E-state index in [0.29, 0.717) is 12.0 Å². The predicted molar refractivity (Wildman–Crippen MR) is 77.3 cm³/mol. The summed E-state index contributed by atoms with van der Waals surface area (Å²) in [5, 5.41) is 0. The lowest BCUT2D eigenvalue weighted by molar-refractivity contribution is -0.180. The zero-order valence-corrected chi connectivity index (χ0v) is 12.4. The first-order valence-corrected chi connectivity index (χ1v) is 8.67. The number of halogens is 2. The summed E-state index contributed by atoms with van der Waals surface area (Å²) in [5.41, 5.74) is 0. The number of hydrogen-bond acceptors (Lipinski definition) is 0. The summed E-state index contributed by atoms with van der Waals surface area (Å²) in [4.78, 5) is 0. The molecule has 2 unspecified atom stereocenters. The molecular weight excluding hydrogens is 258 g/mol. The van der Waals surface area contributed by atoms with Crippen molar-refractivity contribution in [1.82, 2.24) is 0 Å². The molecule has 1 nitrogen and oxygen atoms in total. The maximum absolute atomic E-state index is 13.3. The Morgan fingerprint density at radius 1 is 0.600 bits per heavy atom. The minimum absolute atomic E-state index is 0.476.